The first-order chi connectivity index (χ1) is 19.8. The molecule has 0 N–H and O–H groups in total. The maximum atomic E-state index is 6.20. The molecule has 13 heteroatoms. The van der Waals surface area contributed by atoms with Crippen molar-refractivity contribution >= 4 is 134 Å². The SMILES string of the molecule is B=C(B)/C(B)=C(/B)C1=C(C/C(B)=C2\C(=C(\B)C#C)c3c(B)c(B)c(B)c(B)c3C2(C)C)C2C(B)=C(B)C(B)=C2C(C)=C1C. The van der Waals surface area contributed by atoms with E-state index in [0.29, 0.717) is 5.92 Å². The fourth-order valence-electron chi connectivity index (χ4n) is 8.61. The molecule has 1 aromatic carbocycles. The third-order valence-electron chi connectivity index (χ3n) is 11.8. The topological polar surface area (TPSA) is 0 Å². The molecule has 3 aliphatic rings. The molecule has 0 fully saturated rings. The van der Waals surface area contributed by atoms with E-state index in [1.54, 1.807) is 0 Å². The molecule has 1 unspecified atom stereocenters. The van der Waals surface area contributed by atoms with E-state index < -0.39 is 0 Å². The molecule has 0 nitrogen and oxygen atoms in total. The molecule has 0 saturated heterocycles. The Labute approximate surface area is 274 Å². The van der Waals surface area contributed by atoms with E-state index in [1.807, 2.05) is 0 Å². The van der Waals surface area contributed by atoms with Crippen LogP contribution in [0, 0.1) is 18.3 Å². The van der Waals surface area contributed by atoms with Crippen molar-refractivity contribution in [2.75, 3.05) is 0 Å². The van der Waals surface area contributed by atoms with Crippen LogP contribution in [0.1, 0.15) is 45.2 Å². The van der Waals surface area contributed by atoms with Crippen molar-refractivity contribution in [3.05, 3.63) is 82.9 Å². The number of rotatable bonds is 4. The number of fused-ring (bicyclic) bond motifs is 2. The van der Waals surface area contributed by atoms with Gasteiger partial charge in [-0.1, -0.05) is 0 Å². The molecular weight excluding hydrogens is 501 g/mol. The molecule has 3 aliphatic carbocycles. The molecule has 0 saturated carbocycles. The normalized spacial score (nSPS) is 22.3. The average Bonchev–Trinajstić information content (AvgIpc) is 3.33. The first-order valence-electron chi connectivity index (χ1n) is 16.0. The summed E-state index contributed by atoms with van der Waals surface area (Å²) in [4.78, 5) is 0. The minimum atomic E-state index is -0.153. The zero-order valence-corrected chi connectivity index (χ0v) is 30.1. The fraction of sp³-hybridized carbons (Fsp3) is 0.233. The molecule has 0 aromatic heterocycles. The van der Waals surface area contributed by atoms with Gasteiger partial charge >= 0.3 is 259 Å². The molecule has 1 aromatic rings. The molecule has 43 heavy (non-hydrogen) atoms. The summed E-state index contributed by atoms with van der Waals surface area (Å²) in [5.41, 5.74) is 27.8. The summed E-state index contributed by atoms with van der Waals surface area (Å²) < 4.78 is 0. The van der Waals surface area contributed by atoms with Gasteiger partial charge in [0.05, 0.1) is 0 Å². The summed E-state index contributed by atoms with van der Waals surface area (Å²) in [5.74, 6) is 3.38. The number of allylic oxidation sites excluding steroid dienone is 14. The van der Waals surface area contributed by atoms with Crippen molar-refractivity contribution in [1.29, 1.82) is 0 Å². The second kappa shape index (κ2) is 11.6. The van der Waals surface area contributed by atoms with Gasteiger partial charge in [0, 0.05) is 0 Å². The number of hydrogen-bond acceptors (Lipinski definition) is 0. The predicted octanol–water partition coefficient (Wildman–Crippen LogP) is -8.95. The molecule has 0 spiro atoms. The Bertz CT molecular complexity index is 1810. The summed E-state index contributed by atoms with van der Waals surface area (Å²) in [5, 5.41) is 1.14. The third-order valence-corrected chi connectivity index (χ3v) is 11.8. The van der Waals surface area contributed by atoms with Gasteiger partial charge in [-0.3, -0.25) is 0 Å². The van der Waals surface area contributed by atoms with E-state index >= 15 is 0 Å². The quantitative estimate of drug-likeness (QED) is 0.262. The third kappa shape index (κ3) is 4.86. The maximum absolute atomic E-state index is 6.20. The summed E-state index contributed by atoms with van der Waals surface area (Å²) in [6, 6.07) is 0. The van der Waals surface area contributed by atoms with E-state index in [9.17, 15) is 0 Å². The fourth-order valence-corrected chi connectivity index (χ4v) is 8.61. The molecule has 0 heterocycles. The van der Waals surface area contributed by atoms with Gasteiger partial charge in [-0.25, -0.2) is 0 Å². The van der Waals surface area contributed by atoms with Crippen LogP contribution in [0.5, 0.6) is 0 Å². The Morgan fingerprint density at radius 2 is 1.40 bits per heavy atom. The zero-order chi connectivity index (χ0) is 32.6. The second-order valence-electron chi connectivity index (χ2n) is 14.3. The van der Waals surface area contributed by atoms with Crippen molar-refractivity contribution in [2.24, 2.45) is 5.92 Å². The van der Waals surface area contributed by atoms with Crippen LogP contribution < -0.4 is 21.9 Å². The van der Waals surface area contributed by atoms with Gasteiger partial charge in [0.2, 0.25) is 0 Å². The van der Waals surface area contributed by atoms with E-state index in [-0.39, 0.29) is 5.41 Å². The van der Waals surface area contributed by atoms with Gasteiger partial charge in [0.1, 0.15) is 15.7 Å². The van der Waals surface area contributed by atoms with Gasteiger partial charge in [-0.05, 0) is 0 Å². The second-order valence-corrected chi connectivity index (χ2v) is 14.3. The summed E-state index contributed by atoms with van der Waals surface area (Å²) in [7, 11) is 31.7. The number of benzene rings is 1. The first-order valence-corrected chi connectivity index (χ1v) is 16.0. The molecule has 0 amide bonds. The molecule has 1 atom stereocenters. The van der Waals surface area contributed by atoms with Gasteiger partial charge < -0.3 is 0 Å². The Kier molecular flexibility index (Phi) is 9.02. The zero-order valence-electron chi connectivity index (χ0n) is 30.1. The van der Waals surface area contributed by atoms with E-state index in [2.05, 4.69) is 135 Å². The van der Waals surface area contributed by atoms with Gasteiger partial charge in [-0.2, -0.15) is 0 Å². The molecule has 0 bridgehead atoms. The van der Waals surface area contributed by atoms with Crippen molar-refractivity contribution in [3.63, 3.8) is 0 Å². The molecule has 200 valence electrons. The molecule has 0 radical (unpaired) electrons. The van der Waals surface area contributed by atoms with Crippen LogP contribution in [0.15, 0.2) is 71.7 Å². The Hall–Kier alpha value is -2.33. The Morgan fingerprint density at radius 3 is 1.93 bits per heavy atom. The average molecular weight is 542 g/mol. The van der Waals surface area contributed by atoms with E-state index in [0.717, 1.165) is 17.3 Å². The standard InChI is InChI=1S/C30H41B13/c1-6-11(31)16-17-19(24(37)27(40)26(39)23(17)36)30(4,5)18(16)12(32)7-10-13(20(33)28(41)29(42)43)8(2)9(3)14-15(10)22(35)25(38)21(14)34/h1,15,42H,7,31-41,43H2,2-5H3/b16-11+,18-12-,28-20-. The van der Waals surface area contributed by atoms with Crippen molar-refractivity contribution < 1.29 is 0 Å². The molecular formula is C30H41B13. The summed E-state index contributed by atoms with van der Waals surface area (Å²) in [6.07, 6.45) is 7.12. The molecule has 0 aliphatic heterocycles. The van der Waals surface area contributed by atoms with Crippen LogP contribution in [0.2, 0.25) is 0 Å². The predicted molar refractivity (Wildman–Crippen MR) is 230 cm³/mol. The van der Waals surface area contributed by atoms with Crippen LogP contribution in [-0.2, 0) is 5.41 Å². The van der Waals surface area contributed by atoms with E-state index in [1.165, 1.54) is 105 Å². The van der Waals surface area contributed by atoms with Crippen molar-refractivity contribution in [1.82, 2.24) is 0 Å². The van der Waals surface area contributed by atoms with Crippen LogP contribution in [-0.4, -0.2) is 107 Å². The van der Waals surface area contributed by atoms with Crippen LogP contribution in [0.4, 0.5) is 0 Å². The van der Waals surface area contributed by atoms with E-state index in [4.69, 9.17) is 6.42 Å². The number of terminal acetylenes is 1. The van der Waals surface area contributed by atoms with Crippen molar-refractivity contribution in [3.8, 4) is 12.3 Å². The summed E-state index contributed by atoms with van der Waals surface area (Å²) in [6.45, 7) is 9.52. The van der Waals surface area contributed by atoms with Gasteiger partial charge in [-0.15, -0.1) is 0 Å². The Balaban J connectivity index is 2.15. The number of hydrogen-bond donors (Lipinski definition) is 0. The minimum absolute atomic E-state index is 0.153. The van der Waals surface area contributed by atoms with Crippen molar-refractivity contribution in [2.45, 2.75) is 39.5 Å². The summed E-state index contributed by atoms with van der Waals surface area (Å²) >= 11 is 0. The first kappa shape index (κ1) is 33.6. The molecule has 4 rings (SSSR count). The van der Waals surface area contributed by atoms with Gasteiger partial charge in [0.25, 0.3) is 0 Å². The monoisotopic (exact) mass is 544 g/mol. The Morgan fingerprint density at radius 1 is 0.837 bits per heavy atom. The van der Waals surface area contributed by atoms with Crippen LogP contribution in [0.25, 0.3) is 5.57 Å². The van der Waals surface area contributed by atoms with Crippen LogP contribution >= 0.6 is 0 Å². The van der Waals surface area contributed by atoms with Gasteiger partial charge in [0.15, 0.2) is 0 Å². The van der Waals surface area contributed by atoms with Crippen LogP contribution in [0.3, 0.4) is 0 Å².